The highest BCUT2D eigenvalue weighted by atomic mass is 19.3. The standard InChI is InChI=1S/C17H26F2/c18-17(19)9-8-14-12(10-17)5-7-15-13-3-1-2-11(13)4-6-16(14)15/h11-16H,1-10H2. The molecule has 0 bridgehead atoms. The summed E-state index contributed by atoms with van der Waals surface area (Å²) in [7, 11) is 0. The average molecular weight is 268 g/mol. The SMILES string of the molecule is FC1(F)CCC2C(CCC3C4CCCC4CCC23)C1. The van der Waals surface area contributed by atoms with Crippen LogP contribution in [0.2, 0.25) is 0 Å². The third kappa shape index (κ3) is 2.05. The number of hydrogen-bond donors (Lipinski definition) is 0. The predicted octanol–water partition coefficient (Wildman–Crippen LogP) is 5.27. The lowest BCUT2D eigenvalue weighted by Gasteiger charge is -2.52. The van der Waals surface area contributed by atoms with Crippen LogP contribution in [0.1, 0.15) is 64.2 Å². The maximum absolute atomic E-state index is 13.6. The molecule has 0 aliphatic heterocycles. The van der Waals surface area contributed by atoms with Crippen molar-refractivity contribution in [2.24, 2.45) is 35.5 Å². The first kappa shape index (κ1) is 12.6. The monoisotopic (exact) mass is 268 g/mol. The molecule has 2 heteroatoms. The summed E-state index contributed by atoms with van der Waals surface area (Å²) in [6.45, 7) is 0. The molecule has 0 saturated heterocycles. The van der Waals surface area contributed by atoms with Gasteiger partial charge in [0.05, 0.1) is 0 Å². The molecule has 0 aromatic rings. The molecule has 4 saturated carbocycles. The van der Waals surface area contributed by atoms with Crippen molar-refractivity contribution in [2.45, 2.75) is 70.1 Å². The van der Waals surface area contributed by atoms with E-state index in [9.17, 15) is 8.78 Å². The molecule has 6 unspecified atom stereocenters. The molecular formula is C17H26F2. The zero-order chi connectivity index (χ0) is 13.0. The van der Waals surface area contributed by atoms with Crippen LogP contribution in [0, 0.1) is 35.5 Å². The molecular weight excluding hydrogens is 242 g/mol. The zero-order valence-electron chi connectivity index (χ0n) is 11.8. The molecule has 4 fully saturated rings. The Morgan fingerprint density at radius 1 is 0.632 bits per heavy atom. The summed E-state index contributed by atoms with van der Waals surface area (Å²) in [5.74, 6) is 2.36. The Morgan fingerprint density at radius 3 is 2.11 bits per heavy atom. The summed E-state index contributed by atoms with van der Waals surface area (Å²) in [5.41, 5.74) is 0. The third-order valence-corrected chi connectivity index (χ3v) is 7.12. The van der Waals surface area contributed by atoms with Crippen LogP contribution in [0.5, 0.6) is 0 Å². The van der Waals surface area contributed by atoms with E-state index in [4.69, 9.17) is 0 Å². The molecule has 0 nitrogen and oxygen atoms in total. The van der Waals surface area contributed by atoms with Crippen LogP contribution in [0.4, 0.5) is 8.78 Å². The number of rotatable bonds is 0. The van der Waals surface area contributed by atoms with Crippen LogP contribution in [0.25, 0.3) is 0 Å². The van der Waals surface area contributed by atoms with Crippen LogP contribution in [-0.2, 0) is 0 Å². The lowest BCUT2D eigenvalue weighted by Crippen LogP contribution is -2.46. The van der Waals surface area contributed by atoms with E-state index in [-0.39, 0.29) is 12.8 Å². The average Bonchev–Trinajstić information content (AvgIpc) is 2.85. The molecule has 4 rings (SSSR count). The second-order valence-corrected chi connectivity index (χ2v) is 7.86. The maximum atomic E-state index is 13.6. The summed E-state index contributed by atoms with van der Waals surface area (Å²) in [6.07, 6.45) is 10.7. The number of fused-ring (bicyclic) bond motifs is 5. The van der Waals surface area contributed by atoms with Crippen LogP contribution < -0.4 is 0 Å². The number of alkyl halides is 2. The van der Waals surface area contributed by atoms with Gasteiger partial charge in [0.25, 0.3) is 0 Å². The molecule has 0 radical (unpaired) electrons. The number of hydrogen-bond acceptors (Lipinski definition) is 0. The fraction of sp³-hybridized carbons (Fsp3) is 1.00. The summed E-state index contributed by atoms with van der Waals surface area (Å²) in [6, 6.07) is 0. The zero-order valence-corrected chi connectivity index (χ0v) is 11.8. The Morgan fingerprint density at radius 2 is 1.32 bits per heavy atom. The minimum absolute atomic E-state index is 0.172. The second kappa shape index (κ2) is 4.43. The van der Waals surface area contributed by atoms with Gasteiger partial charge in [0, 0.05) is 12.8 Å². The normalized spacial score (nSPS) is 52.1. The Balaban J connectivity index is 1.53. The van der Waals surface area contributed by atoms with Crippen molar-refractivity contribution in [2.75, 3.05) is 0 Å². The van der Waals surface area contributed by atoms with Crippen LogP contribution in [-0.4, -0.2) is 5.92 Å². The molecule has 4 aliphatic rings. The van der Waals surface area contributed by atoms with E-state index in [2.05, 4.69) is 0 Å². The second-order valence-electron chi connectivity index (χ2n) is 7.86. The van der Waals surface area contributed by atoms with Crippen molar-refractivity contribution in [3.63, 3.8) is 0 Å². The van der Waals surface area contributed by atoms with Gasteiger partial charge in [-0.15, -0.1) is 0 Å². The number of halogens is 2. The van der Waals surface area contributed by atoms with Gasteiger partial charge in [-0.1, -0.05) is 12.8 Å². The summed E-state index contributed by atoms with van der Waals surface area (Å²) >= 11 is 0. The minimum atomic E-state index is -2.35. The van der Waals surface area contributed by atoms with Crippen molar-refractivity contribution in [1.29, 1.82) is 0 Å². The summed E-state index contributed by atoms with van der Waals surface area (Å²) in [5, 5.41) is 0. The largest absolute Gasteiger partial charge is 0.248 e. The highest BCUT2D eigenvalue weighted by Crippen LogP contribution is 2.59. The molecule has 0 aromatic heterocycles. The molecule has 0 amide bonds. The van der Waals surface area contributed by atoms with Gasteiger partial charge in [0.15, 0.2) is 0 Å². The molecule has 19 heavy (non-hydrogen) atoms. The van der Waals surface area contributed by atoms with Gasteiger partial charge in [-0.25, -0.2) is 8.78 Å². The molecule has 6 atom stereocenters. The van der Waals surface area contributed by atoms with Gasteiger partial charge < -0.3 is 0 Å². The van der Waals surface area contributed by atoms with E-state index in [0.717, 1.165) is 36.5 Å². The highest BCUT2D eigenvalue weighted by Gasteiger charge is 2.52. The Kier molecular flexibility index (Phi) is 2.93. The van der Waals surface area contributed by atoms with Gasteiger partial charge in [0.1, 0.15) is 0 Å². The smallest absolute Gasteiger partial charge is 0.207 e. The van der Waals surface area contributed by atoms with Crippen molar-refractivity contribution >= 4 is 0 Å². The fourth-order valence-corrected chi connectivity index (χ4v) is 6.42. The Hall–Kier alpha value is -0.140. The molecule has 108 valence electrons. The van der Waals surface area contributed by atoms with Gasteiger partial charge >= 0.3 is 0 Å². The van der Waals surface area contributed by atoms with Crippen LogP contribution in [0.3, 0.4) is 0 Å². The molecule has 0 N–H and O–H groups in total. The van der Waals surface area contributed by atoms with Gasteiger partial charge in [0.2, 0.25) is 5.92 Å². The van der Waals surface area contributed by atoms with Crippen LogP contribution >= 0.6 is 0 Å². The Labute approximate surface area is 115 Å². The van der Waals surface area contributed by atoms with Gasteiger partial charge in [-0.3, -0.25) is 0 Å². The first-order valence-corrected chi connectivity index (χ1v) is 8.52. The van der Waals surface area contributed by atoms with Crippen molar-refractivity contribution in [3.05, 3.63) is 0 Å². The van der Waals surface area contributed by atoms with E-state index in [1.54, 1.807) is 0 Å². The highest BCUT2D eigenvalue weighted by molar-refractivity contribution is 5.00. The fourth-order valence-electron chi connectivity index (χ4n) is 6.42. The Bertz CT molecular complexity index is 351. The first-order chi connectivity index (χ1) is 9.14. The third-order valence-electron chi connectivity index (χ3n) is 7.12. The lowest BCUT2D eigenvalue weighted by atomic mass is 9.53. The van der Waals surface area contributed by atoms with E-state index >= 15 is 0 Å². The minimum Gasteiger partial charge on any atom is -0.207 e. The van der Waals surface area contributed by atoms with Crippen molar-refractivity contribution in [3.8, 4) is 0 Å². The van der Waals surface area contributed by atoms with E-state index in [1.165, 1.54) is 38.5 Å². The first-order valence-electron chi connectivity index (χ1n) is 8.52. The van der Waals surface area contributed by atoms with Crippen LogP contribution in [0.15, 0.2) is 0 Å². The molecule has 0 spiro atoms. The quantitative estimate of drug-likeness (QED) is 0.561. The van der Waals surface area contributed by atoms with Crippen molar-refractivity contribution in [1.82, 2.24) is 0 Å². The summed E-state index contributed by atoms with van der Waals surface area (Å²) < 4.78 is 27.2. The molecule has 0 aromatic carbocycles. The lowest BCUT2D eigenvalue weighted by molar-refractivity contribution is -0.111. The van der Waals surface area contributed by atoms with E-state index in [1.807, 2.05) is 0 Å². The predicted molar refractivity (Wildman–Crippen MR) is 72.1 cm³/mol. The van der Waals surface area contributed by atoms with E-state index < -0.39 is 5.92 Å². The van der Waals surface area contributed by atoms with Crippen molar-refractivity contribution < 1.29 is 8.78 Å². The topological polar surface area (TPSA) is 0 Å². The maximum Gasteiger partial charge on any atom is 0.248 e. The van der Waals surface area contributed by atoms with Gasteiger partial charge in [-0.2, -0.15) is 0 Å². The molecule has 4 aliphatic carbocycles. The van der Waals surface area contributed by atoms with Gasteiger partial charge in [-0.05, 0) is 74.0 Å². The molecule has 0 heterocycles. The summed E-state index contributed by atoms with van der Waals surface area (Å²) in [4.78, 5) is 0. The van der Waals surface area contributed by atoms with E-state index in [0.29, 0.717) is 11.8 Å².